The molecule has 0 bridgehead atoms. The minimum absolute atomic E-state index is 0.174. The second-order valence-corrected chi connectivity index (χ2v) is 5.06. The number of nitrogens with two attached hydrogens (primary N) is 1. The zero-order valence-corrected chi connectivity index (χ0v) is 11.4. The van der Waals surface area contributed by atoms with E-state index in [1.165, 1.54) is 17.3 Å². The third-order valence-electron chi connectivity index (χ3n) is 2.71. The second kappa shape index (κ2) is 5.97. The normalized spacial score (nSPS) is 12.6. The van der Waals surface area contributed by atoms with Crippen molar-refractivity contribution in [3.8, 4) is 0 Å². The average molecular weight is 263 g/mol. The minimum Gasteiger partial charge on any atom is -0.327 e. The number of hydrogen-bond acceptors (Lipinski definition) is 5. The fraction of sp³-hybridized carbons (Fsp3) is 0.417. The highest BCUT2D eigenvalue weighted by molar-refractivity contribution is 7.99. The van der Waals surface area contributed by atoms with Crippen LogP contribution in [0.25, 0.3) is 0 Å². The molecule has 0 radical (unpaired) electrons. The van der Waals surface area contributed by atoms with Crippen molar-refractivity contribution in [2.75, 3.05) is 0 Å². The molecule has 0 aliphatic carbocycles. The summed E-state index contributed by atoms with van der Waals surface area (Å²) in [6.07, 6.45) is 5.13. The third-order valence-corrected chi connectivity index (χ3v) is 3.83. The molecule has 2 aromatic heterocycles. The molecule has 6 heteroatoms. The number of aryl methyl sites for hydroxylation is 1. The SMILES string of the molecule is CCC(N)Cc1cccnc1Sc1ncnn1C. The molecule has 2 N–H and O–H groups in total. The van der Waals surface area contributed by atoms with Crippen LogP contribution in [-0.4, -0.2) is 25.8 Å². The molecule has 0 aliphatic heterocycles. The van der Waals surface area contributed by atoms with Gasteiger partial charge >= 0.3 is 0 Å². The average Bonchev–Trinajstić information content (AvgIpc) is 2.77. The lowest BCUT2D eigenvalue weighted by Gasteiger charge is -2.11. The maximum Gasteiger partial charge on any atom is 0.192 e. The second-order valence-electron chi connectivity index (χ2n) is 4.11. The Balaban J connectivity index is 2.20. The highest BCUT2D eigenvalue weighted by atomic mass is 32.2. The topological polar surface area (TPSA) is 69.6 Å². The number of pyridine rings is 1. The molecule has 2 rings (SSSR count). The molecular formula is C12H17N5S. The molecule has 0 spiro atoms. The highest BCUT2D eigenvalue weighted by Crippen LogP contribution is 2.27. The zero-order valence-electron chi connectivity index (χ0n) is 10.6. The Morgan fingerprint density at radius 3 is 2.94 bits per heavy atom. The first-order chi connectivity index (χ1) is 8.70. The lowest BCUT2D eigenvalue weighted by molar-refractivity contribution is 0.636. The van der Waals surface area contributed by atoms with Crippen molar-refractivity contribution in [3.05, 3.63) is 30.2 Å². The van der Waals surface area contributed by atoms with Gasteiger partial charge in [-0.1, -0.05) is 13.0 Å². The lowest BCUT2D eigenvalue weighted by Crippen LogP contribution is -2.21. The Labute approximate surface area is 111 Å². The molecule has 96 valence electrons. The summed E-state index contributed by atoms with van der Waals surface area (Å²) in [4.78, 5) is 8.60. The largest absolute Gasteiger partial charge is 0.327 e. The first kappa shape index (κ1) is 13.0. The Bertz CT molecular complexity index is 511. The predicted octanol–water partition coefficient (Wildman–Crippen LogP) is 1.64. The Hall–Kier alpha value is -1.40. The first-order valence-electron chi connectivity index (χ1n) is 5.92. The van der Waals surface area contributed by atoms with Gasteiger partial charge in [0.15, 0.2) is 5.16 Å². The van der Waals surface area contributed by atoms with Crippen LogP contribution >= 0.6 is 11.8 Å². The monoisotopic (exact) mass is 263 g/mol. The lowest BCUT2D eigenvalue weighted by atomic mass is 10.1. The van der Waals surface area contributed by atoms with Crippen LogP contribution in [0, 0.1) is 0 Å². The van der Waals surface area contributed by atoms with Crippen LogP contribution in [0.4, 0.5) is 0 Å². The van der Waals surface area contributed by atoms with E-state index in [4.69, 9.17) is 5.73 Å². The number of hydrogen-bond donors (Lipinski definition) is 1. The van der Waals surface area contributed by atoms with E-state index < -0.39 is 0 Å². The van der Waals surface area contributed by atoms with Gasteiger partial charge < -0.3 is 5.73 Å². The molecule has 0 saturated heterocycles. The van der Waals surface area contributed by atoms with E-state index in [0.717, 1.165) is 23.0 Å². The van der Waals surface area contributed by atoms with Gasteiger partial charge in [-0.15, -0.1) is 0 Å². The molecule has 0 amide bonds. The maximum absolute atomic E-state index is 6.01. The molecule has 0 saturated carbocycles. The van der Waals surface area contributed by atoms with Gasteiger partial charge in [0.2, 0.25) is 0 Å². The van der Waals surface area contributed by atoms with E-state index >= 15 is 0 Å². The summed E-state index contributed by atoms with van der Waals surface area (Å²) in [6, 6.07) is 4.19. The Morgan fingerprint density at radius 1 is 1.44 bits per heavy atom. The quantitative estimate of drug-likeness (QED) is 0.888. The molecule has 0 fully saturated rings. The molecule has 1 atom stereocenters. The van der Waals surface area contributed by atoms with Gasteiger partial charge in [-0.2, -0.15) is 5.10 Å². The van der Waals surface area contributed by atoms with Crippen LogP contribution in [0.1, 0.15) is 18.9 Å². The third kappa shape index (κ3) is 3.08. The van der Waals surface area contributed by atoms with Crippen LogP contribution in [0.2, 0.25) is 0 Å². The molecule has 2 aromatic rings. The van der Waals surface area contributed by atoms with Crippen molar-refractivity contribution in [2.45, 2.75) is 36.0 Å². The molecule has 0 aliphatic rings. The minimum atomic E-state index is 0.174. The van der Waals surface area contributed by atoms with Crippen molar-refractivity contribution in [2.24, 2.45) is 12.8 Å². The predicted molar refractivity (Wildman–Crippen MR) is 71.3 cm³/mol. The summed E-state index contributed by atoms with van der Waals surface area (Å²) in [7, 11) is 1.87. The number of nitrogens with zero attached hydrogens (tertiary/aromatic N) is 4. The van der Waals surface area contributed by atoms with Gasteiger partial charge in [0, 0.05) is 19.3 Å². The van der Waals surface area contributed by atoms with Gasteiger partial charge in [-0.3, -0.25) is 0 Å². The zero-order chi connectivity index (χ0) is 13.0. The summed E-state index contributed by atoms with van der Waals surface area (Å²) in [5, 5.41) is 5.84. The van der Waals surface area contributed by atoms with Gasteiger partial charge in [0.1, 0.15) is 11.4 Å². The maximum atomic E-state index is 6.01. The molecular weight excluding hydrogens is 246 g/mol. The molecule has 5 nitrogen and oxygen atoms in total. The smallest absolute Gasteiger partial charge is 0.192 e. The van der Waals surface area contributed by atoms with Crippen LogP contribution in [-0.2, 0) is 13.5 Å². The summed E-state index contributed by atoms with van der Waals surface area (Å²) >= 11 is 1.52. The van der Waals surface area contributed by atoms with E-state index in [1.807, 2.05) is 13.1 Å². The van der Waals surface area contributed by atoms with E-state index in [0.29, 0.717) is 0 Å². The van der Waals surface area contributed by atoms with Crippen molar-refractivity contribution < 1.29 is 0 Å². The van der Waals surface area contributed by atoms with Crippen molar-refractivity contribution >= 4 is 11.8 Å². The highest BCUT2D eigenvalue weighted by Gasteiger charge is 2.11. The van der Waals surface area contributed by atoms with E-state index in [1.54, 1.807) is 17.2 Å². The van der Waals surface area contributed by atoms with Crippen LogP contribution < -0.4 is 5.73 Å². The summed E-state index contributed by atoms with van der Waals surface area (Å²) < 4.78 is 1.74. The summed E-state index contributed by atoms with van der Waals surface area (Å²) in [5.74, 6) is 0. The summed E-state index contributed by atoms with van der Waals surface area (Å²) in [6.45, 7) is 2.09. The van der Waals surface area contributed by atoms with Gasteiger partial charge in [0.25, 0.3) is 0 Å². The van der Waals surface area contributed by atoms with Crippen LogP contribution in [0.15, 0.2) is 34.8 Å². The van der Waals surface area contributed by atoms with Gasteiger partial charge in [-0.25, -0.2) is 14.6 Å². The fourth-order valence-electron chi connectivity index (χ4n) is 1.56. The first-order valence-corrected chi connectivity index (χ1v) is 6.73. The van der Waals surface area contributed by atoms with Gasteiger partial charge in [-0.05, 0) is 36.2 Å². The molecule has 18 heavy (non-hydrogen) atoms. The summed E-state index contributed by atoms with van der Waals surface area (Å²) in [5.41, 5.74) is 7.17. The fourth-order valence-corrected chi connectivity index (χ4v) is 2.41. The standard InChI is InChI=1S/C12H17N5S/c1-3-10(13)7-9-5-4-6-14-11(9)18-12-15-8-16-17(12)2/h4-6,8,10H,3,7,13H2,1-2H3. The van der Waals surface area contributed by atoms with Gasteiger partial charge in [0.05, 0.1) is 0 Å². The molecule has 2 heterocycles. The van der Waals surface area contributed by atoms with E-state index in [-0.39, 0.29) is 6.04 Å². The Kier molecular flexibility index (Phi) is 4.33. The van der Waals surface area contributed by atoms with Crippen molar-refractivity contribution in [1.29, 1.82) is 0 Å². The number of rotatable bonds is 5. The molecule has 1 unspecified atom stereocenters. The van der Waals surface area contributed by atoms with Crippen molar-refractivity contribution in [1.82, 2.24) is 19.7 Å². The van der Waals surface area contributed by atoms with E-state index in [9.17, 15) is 0 Å². The van der Waals surface area contributed by atoms with Crippen LogP contribution in [0.3, 0.4) is 0 Å². The van der Waals surface area contributed by atoms with Crippen molar-refractivity contribution in [3.63, 3.8) is 0 Å². The Morgan fingerprint density at radius 2 is 2.28 bits per heavy atom. The van der Waals surface area contributed by atoms with E-state index in [2.05, 4.69) is 28.1 Å². The van der Waals surface area contributed by atoms with Crippen LogP contribution in [0.5, 0.6) is 0 Å². The molecule has 0 aromatic carbocycles. The number of aromatic nitrogens is 4.